The van der Waals surface area contributed by atoms with Crippen LogP contribution in [0.2, 0.25) is 5.02 Å². The van der Waals surface area contributed by atoms with E-state index in [1.807, 2.05) is 0 Å². The second-order valence-corrected chi connectivity index (χ2v) is 9.38. The number of primary amides is 1. The zero-order valence-electron chi connectivity index (χ0n) is 16.5. The zero-order chi connectivity index (χ0) is 21.0. The van der Waals surface area contributed by atoms with Crippen LogP contribution in [0.25, 0.3) is 0 Å². The van der Waals surface area contributed by atoms with Crippen LogP contribution in [-0.2, 0) is 10.2 Å². The predicted octanol–water partition coefficient (Wildman–Crippen LogP) is 3.82. The fraction of sp³-hybridized carbons (Fsp3) is 0.619. The first-order valence-electron chi connectivity index (χ1n) is 10.2. The molecule has 158 valence electrons. The van der Waals surface area contributed by atoms with E-state index in [2.05, 4.69) is 0 Å². The number of rotatable bonds is 4. The summed E-state index contributed by atoms with van der Waals surface area (Å²) in [6, 6.07) is 2.27. The molecule has 1 saturated heterocycles. The molecule has 3 fully saturated rings. The van der Waals surface area contributed by atoms with Crippen molar-refractivity contribution in [3.8, 4) is 0 Å². The number of nitrogens with two attached hydrogens (primary N) is 1. The van der Waals surface area contributed by atoms with E-state index in [1.54, 1.807) is 16.8 Å². The Hall–Kier alpha value is -1.89. The lowest BCUT2D eigenvalue weighted by Crippen LogP contribution is -2.69. The summed E-state index contributed by atoms with van der Waals surface area (Å²) in [6.07, 6.45) is 4.58. The third-order valence-electron chi connectivity index (χ3n) is 7.29. The first kappa shape index (κ1) is 20.4. The molecular weight excluding hydrogens is 400 g/mol. The van der Waals surface area contributed by atoms with E-state index in [0.717, 1.165) is 19.3 Å². The molecular formula is C21H26ClF2N3O2. The van der Waals surface area contributed by atoms with Gasteiger partial charge in [-0.05, 0) is 44.2 Å². The van der Waals surface area contributed by atoms with Crippen LogP contribution in [0.3, 0.4) is 0 Å². The molecule has 8 heteroatoms. The summed E-state index contributed by atoms with van der Waals surface area (Å²) in [6.45, 7) is 0.809. The van der Waals surface area contributed by atoms with Crippen LogP contribution in [0, 0.1) is 17.6 Å². The van der Waals surface area contributed by atoms with Crippen LogP contribution < -0.4 is 5.73 Å². The molecule has 2 aliphatic carbocycles. The Bertz CT molecular complexity index is 851. The fourth-order valence-electron chi connectivity index (χ4n) is 5.59. The average molecular weight is 426 g/mol. The highest BCUT2D eigenvalue weighted by molar-refractivity contribution is 6.30. The summed E-state index contributed by atoms with van der Waals surface area (Å²) < 4.78 is 29.8. The van der Waals surface area contributed by atoms with Gasteiger partial charge in [-0.15, -0.1) is 0 Å². The van der Waals surface area contributed by atoms with Crippen molar-refractivity contribution >= 4 is 23.5 Å². The van der Waals surface area contributed by atoms with E-state index in [9.17, 15) is 18.4 Å². The highest BCUT2D eigenvalue weighted by Gasteiger charge is 2.57. The fourth-order valence-corrected chi connectivity index (χ4v) is 5.75. The van der Waals surface area contributed by atoms with Crippen LogP contribution in [0.1, 0.15) is 50.5 Å². The second-order valence-electron chi connectivity index (χ2n) is 8.98. The van der Waals surface area contributed by atoms with Gasteiger partial charge < -0.3 is 15.5 Å². The van der Waals surface area contributed by atoms with Crippen molar-refractivity contribution in [2.24, 2.45) is 11.7 Å². The zero-order valence-corrected chi connectivity index (χ0v) is 17.3. The van der Waals surface area contributed by atoms with Crippen LogP contribution in [0.4, 0.5) is 13.6 Å². The number of amides is 3. The molecule has 1 heterocycles. The van der Waals surface area contributed by atoms with Gasteiger partial charge in [0.05, 0.1) is 5.02 Å². The summed E-state index contributed by atoms with van der Waals surface area (Å²) in [4.78, 5) is 28.1. The van der Waals surface area contributed by atoms with E-state index in [-0.39, 0.29) is 35.0 Å². The van der Waals surface area contributed by atoms with E-state index >= 15 is 0 Å². The Balaban J connectivity index is 1.73. The predicted molar refractivity (Wildman–Crippen MR) is 106 cm³/mol. The summed E-state index contributed by atoms with van der Waals surface area (Å²) in [7, 11) is 1.73. The third kappa shape index (κ3) is 3.18. The summed E-state index contributed by atoms with van der Waals surface area (Å²) in [5.41, 5.74) is 4.17. The van der Waals surface area contributed by atoms with Gasteiger partial charge in [0.15, 0.2) is 0 Å². The van der Waals surface area contributed by atoms with Crippen LogP contribution in [0.5, 0.6) is 0 Å². The maximum Gasteiger partial charge on any atom is 0.320 e. The quantitative estimate of drug-likeness (QED) is 0.745. The molecule has 2 saturated carbocycles. The molecule has 1 aromatic rings. The van der Waals surface area contributed by atoms with Gasteiger partial charge in [-0.3, -0.25) is 4.79 Å². The first-order valence-corrected chi connectivity index (χ1v) is 10.5. The van der Waals surface area contributed by atoms with Crippen LogP contribution >= 0.6 is 11.6 Å². The third-order valence-corrected chi connectivity index (χ3v) is 7.59. The van der Waals surface area contributed by atoms with Gasteiger partial charge in [0.2, 0.25) is 5.91 Å². The molecule has 1 spiro atoms. The van der Waals surface area contributed by atoms with Gasteiger partial charge in [-0.25, -0.2) is 13.6 Å². The van der Waals surface area contributed by atoms with Gasteiger partial charge in [-0.2, -0.15) is 0 Å². The Morgan fingerprint density at radius 3 is 2.52 bits per heavy atom. The van der Waals surface area contributed by atoms with Crippen molar-refractivity contribution in [3.63, 3.8) is 0 Å². The lowest BCUT2D eigenvalue weighted by molar-refractivity contribution is -0.132. The van der Waals surface area contributed by atoms with E-state index < -0.39 is 22.6 Å². The lowest BCUT2D eigenvalue weighted by Gasteiger charge is -2.59. The van der Waals surface area contributed by atoms with Gasteiger partial charge in [0, 0.05) is 42.6 Å². The number of benzene rings is 1. The van der Waals surface area contributed by atoms with Crippen LogP contribution in [0.15, 0.2) is 12.1 Å². The molecule has 5 nitrogen and oxygen atoms in total. The topological polar surface area (TPSA) is 66.6 Å². The Morgan fingerprint density at radius 1 is 1.24 bits per heavy atom. The standard InChI is InChI=1S/C21H26ClF2N3O2/c1-26-9-8-21(10-13(11-21)18(25)28)27(19(26)29)12-20(6-2-3-7-20)16-15(23)5-4-14(22)17(16)24/h4-5,13H,2-3,6-12H2,1H3,(H2,25,28). The largest absolute Gasteiger partial charge is 0.369 e. The van der Waals surface area contributed by atoms with E-state index in [4.69, 9.17) is 17.3 Å². The molecule has 29 heavy (non-hydrogen) atoms. The molecule has 2 N–H and O–H groups in total. The lowest BCUT2D eigenvalue weighted by atomic mass is 9.63. The van der Waals surface area contributed by atoms with Gasteiger partial charge >= 0.3 is 6.03 Å². The maximum absolute atomic E-state index is 15.0. The van der Waals surface area contributed by atoms with Crippen molar-refractivity contribution in [2.75, 3.05) is 20.1 Å². The number of carbonyl (C=O) groups excluding carboxylic acids is 2. The second kappa shape index (κ2) is 7.11. The van der Waals surface area contributed by atoms with E-state index in [0.29, 0.717) is 32.2 Å². The van der Waals surface area contributed by atoms with Crippen molar-refractivity contribution in [3.05, 3.63) is 34.4 Å². The Morgan fingerprint density at radius 2 is 1.90 bits per heavy atom. The van der Waals surface area contributed by atoms with Crippen LogP contribution in [-0.4, -0.2) is 47.4 Å². The minimum absolute atomic E-state index is 0.00977. The number of halogens is 3. The normalized spacial score (nSPS) is 28.7. The molecule has 3 aliphatic rings. The highest BCUT2D eigenvalue weighted by atomic mass is 35.5. The first-order chi connectivity index (χ1) is 13.7. The number of nitrogens with zero attached hydrogens (tertiary/aromatic N) is 2. The summed E-state index contributed by atoms with van der Waals surface area (Å²) >= 11 is 5.99. The molecule has 3 amide bonds. The van der Waals surface area contributed by atoms with Crippen molar-refractivity contribution in [2.45, 2.75) is 55.9 Å². The molecule has 1 aromatic carbocycles. The summed E-state index contributed by atoms with van der Waals surface area (Å²) in [5, 5.41) is -0.109. The minimum Gasteiger partial charge on any atom is -0.369 e. The van der Waals surface area contributed by atoms with Gasteiger partial charge in [0.25, 0.3) is 0 Å². The molecule has 0 radical (unpaired) electrons. The number of hydrogen-bond donors (Lipinski definition) is 1. The average Bonchev–Trinajstić information content (AvgIpc) is 3.10. The maximum atomic E-state index is 15.0. The molecule has 0 atom stereocenters. The minimum atomic E-state index is -0.822. The summed E-state index contributed by atoms with van der Waals surface area (Å²) in [5.74, 6) is -1.97. The number of urea groups is 1. The van der Waals surface area contributed by atoms with Gasteiger partial charge in [-0.1, -0.05) is 24.4 Å². The van der Waals surface area contributed by atoms with Crippen molar-refractivity contribution in [1.29, 1.82) is 0 Å². The molecule has 0 aromatic heterocycles. The molecule has 4 rings (SSSR count). The van der Waals surface area contributed by atoms with E-state index in [1.165, 1.54) is 12.1 Å². The highest BCUT2D eigenvalue weighted by Crippen LogP contribution is 2.51. The molecule has 0 bridgehead atoms. The number of hydrogen-bond acceptors (Lipinski definition) is 2. The molecule has 0 unspecified atom stereocenters. The smallest absolute Gasteiger partial charge is 0.320 e. The Labute approximate surface area is 174 Å². The Kier molecular flexibility index (Phi) is 5.00. The van der Waals surface area contributed by atoms with Gasteiger partial charge in [0.1, 0.15) is 11.6 Å². The van der Waals surface area contributed by atoms with Crippen molar-refractivity contribution < 1.29 is 18.4 Å². The van der Waals surface area contributed by atoms with Crippen molar-refractivity contribution in [1.82, 2.24) is 9.80 Å². The monoisotopic (exact) mass is 425 g/mol. The SMILES string of the molecule is CN1CCC2(CC(C(N)=O)C2)N(CC2(c3c(F)ccc(Cl)c3F)CCCC2)C1=O. The number of carbonyl (C=O) groups is 2. The molecule has 1 aliphatic heterocycles.